The molecule has 2 aromatic carbocycles. The molecule has 3 N–H and O–H groups in total. The second-order valence-electron chi connectivity index (χ2n) is 6.58. The molecule has 0 radical (unpaired) electrons. The molecule has 1 heterocycles. The number of hydrazine groups is 1. The first-order valence-electron chi connectivity index (χ1n) is 9.14. The second kappa shape index (κ2) is 8.24. The zero-order chi connectivity index (χ0) is 20.2. The number of carbonyl (C=O) groups is 3. The molecule has 1 aliphatic rings. The van der Waals surface area contributed by atoms with Gasteiger partial charge in [-0.1, -0.05) is 60.7 Å². The number of rotatable bonds is 4. The van der Waals surface area contributed by atoms with E-state index in [9.17, 15) is 14.4 Å². The number of nitrogens with zero attached hydrogens (tertiary/aromatic N) is 1. The smallest absolute Gasteiger partial charge is 0.327 e. The van der Waals surface area contributed by atoms with E-state index in [2.05, 4.69) is 21.2 Å². The third-order valence-corrected chi connectivity index (χ3v) is 5.41. The van der Waals surface area contributed by atoms with Crippen LogP contribution < -0.4 is 16.2 Å². The van der Waals surface area contributed by atoms with E-state index in [0.717, 1.165) is 24.0 Å². The molecule has 0 aliphatic heterocycles. The summed E-state index contributed by atoms with van der Waals surface area (Å²) in [4.78, 5) is 41.4. The Labute approximate surface area is 171 Å². The highest BCUT2D eigenvalue weighted by Crippen LogP contribution is 2.33. The topological polar surface area (TPSA) is 100 Å². The van der Waals surface area contributed by atoms with Crippen LogP contribution in [-0.4, -0.2) is 28.7 Å². The molecular formula is C21H18N4O3S. The standard InChI is InChI=1S/C21H18N4O3S/c26-18(24-25-20(28)19(27)22-15-11-12-15)17-16(13-7-3-1-4-8-13)23-21(29-17)14-9-5-2-6-10-14/h1-10,15H,11-12H2,(H,22,27)(H,24,26)(H,25,28). The molecule has 7 nitrogen and oxygen atoms in total. The number of hydrogen-bond acceptors (Lipinski definition) is 5. The predicted octanol–water partition coefficient (Wildman–Crippen LogP) is 2.52. The lowest BCUT2D eigenvalue weighted by atomic mass is 10.1. The number of carbonyl (C=O) groups excluding carboxylic acids is 3. The Bertz CT molecular complexity index is 1050. The van der Waals surface area contributed by atoms with Gasteiger partial charge in [-0.15, -0.1) is 11.3 Å². The summed E-state index contributed by atoms with van der Waals surface area (Å²) in [7, 11) is 0. The van der Waals surface area contributed by atoms with Gasteiger partial charge in [-0.3, -0.25) is 25.2 Å². The quantitative estimate of drug-likeness (QED) is 0.458. The van der Waals surface area contributed by atoms with Gasteiger partial charge in [-0.25, -0.2) is 4.98 Å². The zero-order valence-corrected chi connectivity index (χ0v) is 16.2. The average molecular weight is 406 g/mol. The van der Waals surface area contributed by atoms with Gasteiger partial charge in [0.2, 0.25) is 0 Å². The van der Waals surface area contributed by atoms with E-state index in [1.165, 1.54) is 11.3 Å². The molecule has 1 aromatic heterocycles. The van der Waals surface area contributed by atoms with E-state index in [-0.39, 0.29) is 6.04 Å². The van der Waals surface area contributed by atoms with Crippen molar-refractivity contribution in [3.63, 3.8) is 0 Å². The Morgan fingerprint density at radius 3 is 2.07 bits per heavy atom. The van der Waals surface area contributed by atoms with Crippen LogP contribution in [0.5, 0.6) is 0 Å². The summed E-state index contributed by atoms with van der Waals surface area (Å²) in [6.45, 7) is 0. The zero-order valence-electron chi connectivity index (χ0n) is 15.3. The summed E-state index contributed by atoms with van der Waals surface area (Å²) in [5, 5.41) is 3.26. The highest BCUT2D eigenvalue weighted by atomic mass is 32.1. The molecule has 3 aromatic rings. The molecule has 146 valence electrons. The molecule has 1 aliphatic carbocycles. The molecule has 0 saturated heterocycles. The maximum atomic E-state index is 12.8. The Kier molecular flexibility index (Phi) is 5.35. The normalized spacial score (nSPS) is 12.8. The van der Waals surface area contributed by atoms with Crippen molar-refractivity contribution in [2.45, 2.75) is 18.9 Å². The first kappa shape index (κ1) is 18.8. The number of nitrogens with one attached hydrogen (secondary N) is 3. The van der Waals surface area contributed by atoms with Gasteiger partial charge < -0.3 is 5.32 Å². The van der Waals surface area contributed by atoms with Crippen LogP contribution in [0, 0.1) is 0 Å². The van der Waals surface area contributed by atoms with Gasteiger partial charge in [0.1, 0.15) is 9.88 Å². The molecule has 0 spiro atoms. The van der Waals surface area contributed by atoms with Crippen LogP contribution in [0.2, 0.25) is 0 Å². The Hall–Kier alpha value is -3.52. The van der Waals surface area contributed by atoms with Crippen molar-refractivity contribution >= 4 is 29.1 Å². The van der Waals surface area contributed by atoms with Crippen molar-refractivity contribution in [1.82, 2.24) is 21.2 Å². The molecular weight excluding hydrogens is 388 g/mol. The number of amides is 3. The third-order valence-electron chi connectivity index (χ3n) is 4.31. The van der Waals surface area contributed by atoms with Crippen molar-refractivity contribution in [2.75, 3.05) is 0 Å². The number of benzene rings is 2. The Morgan fingerprint density at radius 1 is 0.828 bits per heavy atom. The van der Waals surface area contributed by atoms with E-state index in [4.69, 9.17) is 0 Å². The summed E-state index contributed by atoms with van der Waals surface area (Å²) in [6.07, 6.45) is 1.74. The highest BCUT2D eigenvalue weighted by Gasteiger charge is 2.27. The van der Waals surface area contributed by atoms with E-state index >= 15 is 0 Å². The van der Waals surface area contributed by atoms with Crippen molar-refractivity contribution < 1.29 is 14.4 Å². The van der Waals surface area contributed by atoms with Crippen LogP contribution in [0.4, 0.5) is 0 Å². The summed E-state index contributed by atoms with van der Waals surface area (Å²) < 4.78 is 0. The van der Waals surface area contributed by atoms with Gasteiger partial charge in [0.05, 0.1) is 5.69 Å². The van der Waals surface area contributed by atoms with Gasteiger partial charge in [0.15, 0.2) is 0 Å². The fourth-order valence-corrected chi connectivity index (χ4v) is 3.66. The SMILES string of the molecule is O=C(NNC(=O)c1sc(-c2ccccc2)nc1-c1ccccc1)C(=O)NC1CC1. The molecule has 3 amide bonds. The van der Waals surface area contributed by atoms with Crippen LogP contribution in [0.15, 0.2) is 60.7 Å². The maximum absolute atomic E-state index is 12.8. The average Bonchev–Trinajstić information content (AvgIpc) is 3.46. The molecule has 0 bridgehead atoms. The summed E-state index contributed by atoms with van der Waals surface area (Å²) in [6, 6.07) is 18.9. The van der Waals surface area contributed by atoms with Gasteiger partial charge >= 0.3 is 11.8 Å². The van der Waals surface area contributed by atoms with Crippen LogP contribution >= 0.6 is 11.3 Å². The largest absolute Gasteiger partial charge is 0.345 e. The Morgan fingerprint density at radius 2 is 1.45 bits per heavy atom. The van der Waals surface area contributed by atoms with E-state index in [1.807, 2.05) is 60.7 Å². The predicted molar refractivity (Wildman–Crippen MR) is 110 cm³/mol. The molecule has 4 rings (SSSR count). The van der Waals surface area contributed by atoms with Gasteiger partial charge in [-0.05, 0) is 12.8 Å². The minimum absolute atomic E-state index is 0.0589. The second-order valence-corrected chi connectivity index (χ2v) is 7.58. The lowest BCUT2D eigenvalue weighted by molar-refractivity contribution is -0.139. The van der Waals surface area contributed by atoms with Crippen molar-refractivity contribution in [1.29, 1.82) is 0 Å². The van der Waals surface area contributed by atoms with Crippen molar-refractivity contribution in [3.05, 3.63) is 65.5 Å². The van der Waals surface area contributed by atoms with Crippen LogP contribution in [0.3, 0.4) is 0 Å². The lowest BCUT2D eigenvalue weighted by Gasteiger charge is -2.07. The summed E-state index contributed by atoms with van der Waals surface area (Å²) in [5.41, 5.74) is 6.68. The lowest BCUT2D eigenvalue weighted by Crippen LogP contribution is -2.48. The van der Waals surface area contributed by atoms with Gasteiger partial charge in [0, 0.05) is 17.2 Å². The summed E-state index contributed by atoms with van der Waals surface area (Å²) >= 11 is 1.22. The monoisotopic (exact) mass is 406 g/mol. The molecule has 1 fully saturated rings. The number of hydrogen-bond donors (Lipinski definition) is 3. The van der Waals surface area contributed by atoms with Gasteiger partial charge in [-0.2, -0.15) is 0 Å². The fourth-order valence-electron chi connectivity index (χ4n) is 2.68. The molecule has 0 unspecified atom stereocenters. The molecule has 1 saturated carbocycles. The minimum atomic E-state index is -0.903. The van der Waals surface area contributed by atoms with Crippen LogP contribution in [-0.2, 0) is 9.59 Å². The first-order chi connectivity index (χ1) is 14.1. The van der Waals surface area contributed by atoms with E-state index in [0.29, 0.717) is 15.6 Å². The van der Waals surface area contributed by atoms with Crippen molar-refractivity contribution in [2.24, 2.45) is 0 Å². The number of thiazole rings is 1. The summed E-state index contributed by atoms with van der Waals surface area (Å²) in [5.74, 6) is -2.19. The molecule has 8 heteroatoms. The van der Waals surface area contributed by atoms with E-state index < -0.39 is 17.7 Å². The van der Waals surface area contributed by atoms with Gasteiger partial charge in [0.25, 0.3) is 5.91 Å². The van der Waals surface area contributed by atoms with Crippen molar-refractivity contribution in [3.8, 4) is 21.8 Å². The van der Waals surface area contributed by atoms with Crippen LogP contribution in [0.25, 0.3) is 21.8 Å². The Balaban J connectivity index is 1.56. The minimum Gasteiger partial charge on any atom is -0.345 e. The molecule has 0 atom stereocenters. The van der Waals surface area contributed by atoms with Crippen LogP contribution in [0.1, 0.15) is 22.5 Å². The maximum Gasteiger partial charge on any atom is 0.327 e. The number of aromatic nitrogens is 1. The first-order valence-corrected chi connectivity index (χ1v) is 9.96. The third kappa shape index (κ3) is 4.49. The molecule has 29 heavy (non-hydrogen) atoms. The fraction of sp³-hybridized carbons (Fsp3) is 0.143. The highest BCUT2D eigenvalue weighted by molar-refractivity contribution is 7.17. The van der Waals surface area contributed by atoms with E-state index in [1.54, 1.807) is 0 Å².